The fourth-order valence-electron chi connectivity index (χ4n) is 2.39. The molecule has 3 nitrogen and oxygen atoms in total. The summed E-state index contributed by atoms with van der Waals surface area (Å²) in [5, 5.41) is 6.40. The van der Waals surface area contributed by atoms with Crippen molar-refractivity contribution in [1.29, 1.82) is 0 Å². The number of amides is 1. The lowest BCUT2D eigenvalue weighted by Crippen LogP contribution is -2.26. The minimum Gasteiger partial charge on any atom is -0.355 e. The van der Waals surface area contributed by atoms with Gasteiger partial charge in [0.05, 0.1) is 11.3 Å². The molecular weight excluding hydrogens is 284 g/mol. The summed E-state index contributed by atoms with van der Waals surface area (Å²) >= 11 is 0. The predicted octanol–water partition coefficient (Wildman–Crippen LogP) is 4.82. The van der Waals surface area contributed by atoms with Gasteiger partial charge in [-0.2, -0.15) is 0 Å². The maximum atomic E-state index is 12.4. The molecule has 0 aliphatic rings. The number of nitrogens with one attached hydrogen (secondary N) is 2. The Kier molecular flexibility index (Phi) is 5.80. The zero-order chi connectivity index (χ0) is 16.8. The molecule has 0 fully saturated rings. The van der Waals surface area contributed by atoms with E-state index < -0.39 is 0 Å². The molecule has 122 valence electrons. The number of anilines is 2. The molecule has 0 saturated carbocycles. The largest absolute Gasteiger partial charge is 0.355 e. The van der Waals surface area contributed by atoms with Gasteiger partial charge in [-0.15, -0.1) is 0 Å². The molecule has 3 heteroatoms. The van der Waals surface area contributed by atoms with Crippen LogP contribution < -0.4 is 10.6 Å². The lowest BCUT2D eigenvalue weighted by atomic mass is 10.1. The van der Waals surface area contributed by atoms with Gasteiger partial charge >= 0.3 is 0 Å². The number of hydrogen-bond acceptors (Lipinski definition) is 2. The molecule has 0 bridgehead atoms. The van der Waals surface area contributed by atoms with Crippen LogP contribution in [-0.2, 0) is 0 Å². The Morgan fingerprint density at radius 2 is 1.70 bits per heavy atom. The third-order valence-electron chi connectivity index (χ3n) is 4.05. The normalized spacial score (nSPS) is 10.7. The highest BCUT2D eigenvalue weighted by molar-refractivity contribution is 6.00. The summed E-state index contributed by atoms with van der Waals surface area (Å²) in [5.41, 5.74) is 4.98. The van der Waals surface area contributed by atoms with Crippen molar-refractivity contribution < 1.29 is 4.79 Å². The van der Waals surface area contributed by atoms with Crippen LogP contribution in [0.3, 0.4) is 0 Å². The van der Waals surface area contributed by atoms with Crippen LogP contribution in [0.4, 0.5) is 11.4 Å². The van der Waals surface area contributed by atoms with Crippen LogP contribution in [0.15, 0.2) is 42.5 Å². The molecule has 23 heavy (non-hydrogen) atoms. The van der Waals surface area contributed by atoms with Gasteiger partial charge in [-0.05, 0) is 55.5 Å². The van der Waals surface area contributed by atoms with Gasteiger partial charge in [0.15, 0.2) is 0 Å². The molecule has 2 aromatic carbocycles. The Labute approximate surface area is 139 Å². The molecule has 0 aliphatic heterocycles. The zero-order valence-electron chi connectivity index (χ0n) is 14.4. The van der Waals surface area contributed by atoms with E-state index in [9.17, 15) is 4.79 Å². The maximum Gasteiger partial charge on any atom is 0.253 e. The highest BCUT2D eigenvalue weighted by Gasteiger charge is 2.11. The van der Waals surface area contributed by atoms with Crippen molar-refractivity contribution >= 4 is 17.3 Å². The molecule has 1 amide bonds. The number of para-hydroxylation sites is 1. The molecule has 2 aromatic rings. The second-order valence-electron chi connectivity index (χ2n) is 6.36. The van der Waals surface area contributed by atoms with Crippen LogP contribution in [0.5, 0.6) is 0 Å². The van der Waals surface area contributed by atoms with Gasteiger partial charge in [-0.25, -0.2) is 0 Å². The van der Waals surface area contributed by atoms with Crippen molar-refractivity contribution in [1.82, 2.24) is 5.32 Å². The molecule has 0 unspecified atom stereocenters. The molecule has 0 atom stereocenters. The first-order valence-corrected chi connectivity index (χ1v) is 8.19. The number of benzene rings is 2. The minimum atomic E-state index is -0.0287. The second kappa shape index (κ2) is 7.82. The third-order valence-corrected chi connectivity index (χ3v) is 4.05. The zero-order valence-corrected chi connectivity index (χ0v) is 14.4. The molecule has 0 aromatic heterocycles. The second-order valence-corrected chi connectivity index (χ2v) is 6.36. The van der Waals surface area contributed by atoms with Crippen LogP contribution in [0.25, 0.3) is 0 Å². The van der Waals surface area contributed by atoms with Crippen LogP contribution >= 0.6 is 0 Å². The summed E-state index contributed by atoms with van der Waals surface area (Å²) in [6, 6.07) is 13.8. The maximum absolute atomic E-state index is 12.4. The SMILES string of the molecule is Cc1cccc(Nc2ccccc2C(=O)NCCC(C)C)c1C. The van der Waals surface area contributed by atoms with E-state index in [0.717, 1.165) is 17.8 Å². The van der Waals surface area contributed by atoms with Crippen LogP contribution in [0.1, 0.15) is 41.8 Å². The van der Waals surface area contributed by atoms with Crippen LogP contribution in [0, 0.1) is 19.8 Å². The number of carbonyl (C=O) groups excluding carboxylic acids is 1. The van der Waals surface area contributed by atoms with Crippen molar-refractivity contribution in [3.63, 3.8) is 0 Å². The summed E-state index contributed by atoms with van der Waals surface area (Å²) in [6.07, 6.45) is 0.984. The highest BCUT2D eigenvalue weighted by Crippen LogP contribution is 2.25. The van der Waals surface area contributed by atoms with Crippen molar-refractivity contribution in [3.05, 3.63) is 59.2 Å². The van der Waals surface area contributed by atoms with Crippen molar-refractivity contribution in [2.24, 2.45) is 5.92 Å². The lowest BCUT2D eigenvalue weighted by molar-refractivity contribution is 0.0953. The molecule has 0 radical (unpaired) electrons. The van der Waals surface area contributed by atoms with E-state index in [-0.39, 0.29) is 5.91 Å². The quantitative estimate of drug-likeness (QED) is 0.803. The van der Waals surface area contributed by atoms with E-state index >= 15 is 0 Å². The lowest BCUT2D eigenvalue weighted by Gasteiger charge is -2.15. The van der Waals surface area contributed by atoms with E-state index in [1.165, 1.54) is 11.1 Å². The molecule has 0 saturated heterocycles. The Morgan fingerprint density at radius 1 is 1.00 bits per heavy atom. The average molecular weight is 310 g/mol. The number of aryl methyl sites for hydroxylation is 1. The summed E-state index contributed by atoms with van der Waals surface area (Å²) in [7, 11) is 0. The monoisotopic (exact) mass is 310 g/mol. The van der Waals surface area contributed by atoms with Gasteiger partial charge in [0.2, 0.25) is 0 Å². The molecule has 2 N–H and O–H groups in total. The first-order valence-electron chi connectivity index (χ1n) is 8.19. The fraction of sp³-hybridized carbons (Fsp3) is 0.350. The molecule has 0 aliphatic carbocycles. The van der Waals surface area contributed by atoms with Crippen molar-refractivity contribution in [2.75, 3.05) is 11.9 Å². The van der Waals surface area contributed by atoms with Gasteiger partial charge in [0, 0.05) is 12.2 Å². The third kappa shape index (κ3) is 4.59. The van der Waals surface area contributed by atoms with Gasteiger partial charge in [-0.3, -0.25) is 4.79 Å². The average Bonchev–Trinajstić information content (AvgIpc) is 2.52. The Bertz CT molecular complexity index is 677. The predicted molar refractivity (Wildman–Crippen MR) is 97.4 cm³/mol. The van der Waals surface area contributed by atoms with Crippen molar-refractivity contribution in [3.8, 4) is 0 Å². The molecule has 0 heterocycles. The topological polar surface area (TPSA) is 41.1 Å². The Morgan fingerprint density at radius 3 is 2.43 bits per heavy atom. The Balaban J connectivity index is 2.17. The number of rotatable bonds is 6. The first kappa shape index (κ1) is 17.1. The van der Waals surface area contributed by atoms with E-state index in [1.54, 1.807) is 0 Å². The minimum absolute atomic E-state index is 0.0287. The van der Waals surface area contributed by atoms with E-state index in [4.69, 9.17) is 0 Å². The standard InChI is InChI=1S/C20H26N2O/c1-14(2)12-13-21-20(23)17-9-5-6-10-19(17)22-18-11-7-8-15(3)16(18)4/h5-11,14,22H,12-13H2,1-4H3,(H,21,23). The summed E-state index contributed by atoms with van der Waals surface area (Å²) in [4.78, 5) is 12.4. The fourth-order valence-corrected chi connectivity index (χ4v) is 2.39. The highest BCUT2D eigenvalue weighted by atomic mass is 16.1. The van der Waals surface area contributed by atoms with E-state index in [1.807, 2.05) is 36.4 Å². The molecular formula is C20H26N2O. The van der Waals surface area contributed by atoms with Gasteiger partial charge in [-0.1, -0.05) is 38.1 Å². The van der Waals surface area contributed by atoms with Gasteiger partial charge in [0.1, 0.15) is 0 Å². The Hall–Kier alpha value is -2.29. The number of hydrogen-bond donors (Lipinski definition) is 2. The van der Waals surface area contributed by atoms with Crippen LogP contribution in [0.2, 0.25) is 0 Å². The first-order chi connectivity index (χ1) is 11.0. The van der Waals surface area contributed by atoms with Gasteiger partial charge in [0.25, 0.3) is 5.91 Å². The summed E-state index contributed by atoms with van der Waals surface area (Å²) in [5.74, 6) is 0.553. The summed E-state index contributed by atoms with van der Waals surface area (Å²) in [6.45, 7) is 9.19. The molecule has 0 spiro atoms. The van der Waals surface area contributed by atoms with Crippen LogP contribution in [-0.4, -0.2) is 12.5 Å². The molecule has 2 rings (SSSR count). The van der Waals surface area contributed by atoms with E-state index in [0.29, 0.717) is 18.0 Å². The smallest absolute Gasteiger partial charge is 0.253 e. The van der Waals surface area contributed by atoms with Gasteiger partial charge < -0.3 is 10.6 Å². The number of carbonyl (C=O) groups is 1. The van der Waals surface area contributed by atoms with Crippen molar-refractivity contribution in [2.45, 2.75) is 34.1 Å². The van der Waals surface area contributed by atoms with E-state index in [2.05, 4.69) is 44.4 Å². The summed E-state index contributed by atoms with van der Waals surface area (Å²) < 4.78 is 0.